The Morgan fingerprint density at radius 2 is 1.96 bits per heavy atom. The number of rotatable bonds is 5. The van der Waals surface area contributed by atoms with Crippen LogP contribution in [0, 0.1) is 24.0 Å². The number of aromatic nitrogens is 1. The number of aryl methyl sites for hydroxylation is 2. The molecular formula is C19H19N3O5. The molecule has 8 heteroatoms. The SMILES string of the molecule is Cc1ccc(C(C)NC(=O)Cn2c(=O)oc3ccc([N+](=O)[O-])cc32)cc1C. The Kier molecular flexibility index (Phi) is 4.81. The van der Waals surface area contributed by atoms with E-state index in [0.717, 1.165) is 21.3 Å². The minimum atomic E-state index is -0.737. The van der Waals surface area contributed by atoms with Crippen LogP contribution in [0.3, 0.4) is 0 Å². The van der Waals surface area contributed by atoms with Crippen molar-refractivity contribution >= 4 is 22.7 Å². The lowest BCUT2D eigenvalue weighted by Crippen LogP contribution is -2.32. The Bertz CT molecular complexity index is 1100. The van der Waals surface area contributed by atoms with Crippen LogP contribution in [0.25, 0.3) is 11.1 Å². The van der Waals surface area contributed by atoms with E-state index in [4.69, 9.17) is 4.42 Å². The van der Waals surface area contributed by atoms with Gasteiger partial charge in [-0.2, -0.15) is 0 Å². The minimum Gasteiger partial charge on any atom is -0.408 e. The van der Waals surface area contributed by atoms with E-state index in [0.29, 0.717) is 0 Å². The van der Waals surface area contributed by atoms with E-state index in [9.17, 15) is 19.7 Å². The quantitative estimate of drug-likeness (QED) is 0.549. The molecule has 0 bridgehead atoms. The van der Waals surface area contributed by atoms with Crippen molar-refractivity contribution in [2.45, 2.75) is 33.4 Å². The summed E-state index contributed by atoms with van der Waals surface area (Å²) in [7, 11) is 0. The standard InChI is InChI=1S/C19H19N3O5/c1-11-4-5-14(8-12(11)2)13(3)20-18(23)10-21-16-9-15(22(25)26)6-7-17(16)27-19(21)24/h4-9,13H,10H2,1-3H3,(H,20,23). The van der Waals surface area contributed by atoms with Gasteiger partial charge in [-0.3, -0.25) is 19.5 Å². The van der Waals surface area contributed by atoms with E-state index in [-0.39, 0.29) is 29.4 Å². The molecule has 27 heavy (non-hydrogen) atoms. The third kappa shape index (κ3) is 3.74. The molecule has 140 valence electrons. The highest BCUT2D eigenvalue weighted by Crippen LogP contribution is 2.20. The van der Waals surface area contributed by atoms with Crippen LogP contribution < -0.4 is 11.1 Å². The van der Waals surface area contributed by atoms with Crippen molar-refractivity contribution in [3.63, 3.8) is 0 Å². The zero-order valence-corrected chi connectivity index (χ0v) is 15.2. The molecule has 2 aromatic carbocycles. The summed E-state index contributed by atoms with van der Waals surface area (Å²) < 4.78 is 6.15. The molecule has 1 amide bonds. The Morgan fingerprint density at radius 3 is 2.63 bits per heavy atom. The number of benzene rings is 2. The van der Waals surface area contributed by atoms with Crippen LogP contribution in [0.4, 0.5) is 5.69 Å². The Balaban J connectivity index is 1.82. The highest BCUT2D eigenvalue weighted by atomic mass is 16.6. The van der Waals surface area contributed by atoms with Gasteiger partial charge in [0, 0.05) is 12.1 Å². The van der Waals surface area contributed by atoms with Crippen molar-refractivity contribution in [2.24, 2.45) is 0 Å². The van der Waals surface area contributed by atoms with Gasteiger partial charge in [0.2, 0.25) is 5.91 Å². The number of oxazole rings is 1. The topological polar surface area (TPSA) is 107 Å². The number of hydrogen-bond acceptors (Lipinski definition) is 5. The van der Waals surface area contributed by atoms with Gasteiger partial charge in [0.25, 0.3) is 5.69 Å². The van der Waals surface area contributed by atoms with Crippen molar-refractivity contribution in [2.75, 3.05) is 0 Å². The summed E-state index contributed by atoms with van der Waals surface area (Å²) in [4.78, 5) is 34.8. The molecule has 8 nitrogen and oxygen atoms in total. The average Bonchev–Trinajstić information content (AvgIpc) is 2.92. The van der Waals surface area contributed by atoms with Gasteiger partial charge in [-0.1, -0.05) is 18.2 Å². The molecule has 0 aliphatic heterocycles. The smallest absolute Gasteiger partial charge is 0.408 e. The average molecular weight is 369 g/mol. The Morgan fingerprint density at radius 1 is 1.22 bits per heavy atom. The molecule has 1 aromatic heterocycles. The van der Waals surface area contributed by atoms with Crippen LogP contribution in [0.2, 0.25) is 0 Å². The molecule has 0 aliphatic carbocycles. The van der Waals surface area contributed by atoms with Crippen LogP contribution in [-0.2, 0) is 11.3 Å². The summed E-state index contributed by atoms with van der Waals surface area (Å²) >= 11 is 0. The molecule has 0 saturated heterocycles. The van der Waals surface area contributed by atoms with Gasteiger partial charge in [0.15, 0.2) is 5.58 Å². The van der Waals surface area contributed by atoms with Crippen molar-refractivity contribution in [1.82, 2.24) is 9.88 Å². The molecule has 0 radical (unpaired) electrons. The van der Waals surface area contributed by atoms with E-state index in [1.165, 1.54) is 18.2 Å². The zero-order chi connectivity index (χ0) is 19.7. The molecule has 1 unspecified atom stereocenters. The first-order chi connectivity index (χ1) is 12.8. The lowest BCUT2D eigenvalue weighted by Gasteiger charge is -2.16. The normalized spacial score (nSPS) is 12.1. The molecule has 1 atom stereocenters. The summed E-state index contributed by atoms with van der Waals surface area (Å²) in [5, 5.41) is 13.8. The molecule has 0 aliphatic rings. The monoisotopic (exact) mass is 369 g/mol. The number of nitro benzene ring substituents is 1. The van der Waals surface area contributed by atoms with E-state index in [1.54, 1.807) is 0 Å². The first-order valence-corrected chi connectivity index (χ1v) is 8.40. The second kappa shape index (κ2) is 7.06. The van der Waals surface area contributed by atoms with Crippen LogP contribution in [0.1, 0.15) is 29.7 Å². The van der Waals surface area contributed by atoms with E-state index in [2.05, 4.69) is 5.32 Å². The van der Waals surface area contributed by atoms with Gasteiger partial charge in [-0.15, -0.1) is 0 Å². The van der Waals surface area contributed by atoms with Crippen molar-refractivity contribution in [3.8, 4) is 0 Å². The van der Waals surface area contributed by atoms with Crippen LogP contribution in [0.5, 0.6) is 0 Å². The van der Waals surface area contributed by atoms with Gasteiger partial charge in [0.05, 0.1) is 16.5 Å². The Labute approximate surface area is 154 Å². The predicted molar refractivity (Wildman–Crippen MR) is 99.6 cm³/mol. The second-order valence-corrected chi connectivity index (χ2v) is 6.50. The number of nitro groups is 1. The maximum atomic E-state index is 12.4. The van der Waals surface area contributed by atoms with E-state index >= 15 is 0 Å². The number of carbonyl (C=O) groups is 1. The van der Waals surface area contributed by atoms with Crippen molar-refractivity contribution in [3.05, 3.63) is 73.8 Å². The fourth-order valence-electron chi connectivity index (χ4n) is 2.86. The van der Waals surface area contributed by atoms with E-state index in [1.807, 2.05) is 39.0 Å². The predicted octanol–water partition coefficient (Wildman–Crippen LogP) is 3.00. The number of nitrogens with one attached hydrogen (secondary N) is 1. The van der Waals surface area contributed by atoms with Gasteiger partial charge < -0.3 is 9.73 Å². The van der Waals surface area contributed by atoms with Gasteiger partial charge in [0.1, 0.15) is 6.54 Å². The molecule has 3 rings (SSSR count). The molecule has 1 N–H and O–H groups in total. The van der Waals surface area contributed by atoms with Gasteiger partial charge in [-0.25, -0.2) is 4.79 Å². The van der Waals surface area contributed by atoms with Crippen LogP contribution in [0.15, 0.2) is 45.6 Å². The van der Waals surface area contributed by atoms with Crippen LogP contribution >= 0.6 is 0 Å². The number of hydrogen-bond donors (Lipinski definition) is 1. The van der Waals surface area contributed by atoms with Crippen molar-refractivity contribution in [1.29, 1.82) is 0 Å². The van der Waals surface area contributed by atoms with Gasteiger partial charge in [-0.05, 0) is 43.5 Å². The van der Waals surface area contributed by atoms with E-state index < -0.39 is 16.6 Å². The highest BCUT2D eigenvalue weighted by Gasteiger charge is 2.17. The van der Waals surface area contributed by atoms with Crippen LogP contribution in [-0.4, -0.2) is 15.4 Å². The third-order valence-corrected chi connectivity index (χ3v) is 4.57. The highest BCUT2D eigenvalue weighted by molar-refractivity contribution is 5.81. The number of amides is 1. The summed E-state index contributed by atoms with van der Waals surface area (Å²) in [5.74, 6) is -1.13. The first kappa shape index (κ1) is 18.4. The van der Waals surface area contributed by atoms with Gasteiger partial charge >= 0.3 is 5.76 Å². The molecule has 0 fully saturated rings. The summed E-state index contributed by atoms with van der Waals surface area (Å²) in [6.07, 6.45) is 0. The van der Waals surface area contributed by atoms with Crippen molar-refractivity contribution < 1.29 is 14.1 Å². The first-order valence-electron chi connectivity index (χ1n) is 8.40. The second-order valence-electron chi connectivity index (χ2n) is 6.50. The number of carbonyl (C=O) groups excluding carboxylic acids is 1. The zero-order valence-electron chi connectivity index (χ0n) is 15.2. The number of fused-ring (bicyclic) bond motifs is 1. The summed E-state index contributed by atoms with van der Waals surface area (Å²) in [6, 6.07) is 9.50. The molecule has 0 spiro atoms. The maximum absolute atomic E-state index is 12.4. The Hall–Kier alpha value is -3.42. The molecule has 0 saturated carbocycles. The number of nitrogens with zero attached hydrogens (tertiary/aromatic N) is 2. The maximum Gasteiger partial charge on any atom is 0.420 e. The third-order valence-electron chi connectivity index (χ3n) is 4.57. The summed E-state index contributed by atoms with van der Waals surface area (Å²) in [6.45, 7) is 5.57. The fourth-order valence-corrected chi connectivity index (χ4v) is 2.86. The molecular weight excluding hydrogens is 350 g/mol. The molecule has 3 aromatic rings. The number of non-ortho nitro benzene ring substituents is 1. The molecule has 1 heterocycles. The summed E-state index contributed by atoms with van der Waals surface area (Å²) in [5.41, 5.74) is 3.46. The lowest BCUT2D eigenvalue weighted by molar-refractivity contribution is -0.384. The minimum absolute atomic E-state index is 0.180. The largest absolute Gasteiger partial charge is 0.420 e. The fraction of sp³-hybridized carbons (Fsp3) is 0.263. The lowest BCUT2D eigenvalue weighted by atomic mass is 10.0.